The lowest BCUT2D eigenvalue weighted by molar-refractivity contribution is 1.10. The molecule has 0 aliphatic heterocycles. The minimum atomic E-state index is 1.10. The van der Waals surface area contributed by atoms with Crippen LogP contribution in [0, 0.1) is 0 Å². The van der Waals surface area contributed by atoms with Crippen LogP contribution in [0.4, 0.5) is 0 Å². The van der Waals surface area contributed by atoms with Crippen LogP contribution < -0.4 is 0 Å². The maximum Gasteiger partial charge on any atom is -0.0308 e. The largest absolute Gasteiger partial charge is 0.0988 e. The minimum Gasteiger partial charge on any atom is -0.0988 e. The molecule has 12 heavy (non-hydrogen) atoms. The predicted octanol–water partition coefficient (Wildman–Crippen LogP) is 4.97. The fourth-order valence-electron chi connectivity index (χ4n) is 0.702. The van der Waals surface area contributed by atoms with E-state index in [-0.39, 0.29) is 0 Å². The van der Waals surface area contributed by atoms with E-state index in [0.717, 1.165) is 6.42 Å². The van der Waals surface area contributed by atoms with Gasteiger partial charge < -0.3 is 0 Å². The zero-order valence-corrected chi connectivity index (χ0v) is 9.99. The minimum absolute atomic E-state index is 1.10. The maximum absolute atomic E-state index is 3.70. The van der Waals surface area contributed by atoms with E-state index in [4.69, 9.17) is 0 Å². The van der Waals surface area contributed by atoms with Gasteiger partial charge in [0, 0.05) is 0 Å². The van der Waals surface area contributed by atoms with Gasteiger partial charge in [-0.1, -0.05) is 58.4 Å². The molecule has 0 bridgehead atoms. The molecule has 0 aromatic rings. The third-order valence-electron chi connectivity index (χ3n) is 1.27. The molecule has 0 aliphatic carbocycles. The van der Waals surface area contributed by atoms with Gasteiger partial charge in [-0.05, 0) is 20.3 Å². The Morgan fingerprint density at radius 1 is 1.08 bits per heavy atom. The molecule has 0 aromatic heterocycles. The van der Waals surface area contributed by atoms with Crippen molar-refractivity contribution in [1.82, 2.24) is 0 Å². The van der Waals surface area contributed by atoms with Gasteiger partial charge in [0.15, 0.2) is 0 Å². The second-order valence-electron chi connectivity index (χ2n) is 2.08. The predicted molar refractivity (Wildman–Crippen MR) is 61.6 cm³/mol. The molecule has 0 fully saturated rings. The number of allylic oxidation sites excluding steroid dienone is 3. The second kappa shape index (κ2) is 16.8. The van der Waals surface area contributed by atoms with Crippen molar-refractivity contribution in [3.05, 3.63) is 23.8 Å². The molecule has 0 heterocycles. The Bertz CT molecular complexity index is 103. The van der Waals surface area contributed by atoms with Crippen LogP contribution in [0.5, 0.6) is 0 Å². The van der Waals surface area contributed by atoms with E-state index in [1.54, 1.807) is 0 Å². The summed E-state index contributed by atoms with van der Waals surface area (Å²) < 4.78 is 0. The van der Waals surface area contributed by atoms with Gasteiger partial charge in [-0.2, -0.15) is 0 Å². The maximum atomic E-state index is 3.70. The van der Waals surface area contributed by atoms with Crippen molar-refractivity contribution in [1.29, 1.82) is 0 Å². The Balaban J connectivity index is -0.000000175. The normalized spacial score (nSPS) is 6.58. The third-order valence-corrected chi connectivity index (χ3v) is 1.27. The van der Waals surface area contributed by atoms with Crippen molar-refractivity contribution in [2.45, 2.75) is 54.9 Å². The van der Waals surface area contributed by atoms with Crippen LogP contribution in [0.2, 0.25) is 0 Å². The van der Waals surface area contributed by atoms with E-state index in [0.29, 0.717) is 0 Å². The highest BCUT2D eigenvalue weighted by molar-refractivity contribution is 5.20. The molecule has 0 unspecified atom stereocenters. The molecule has 74 valence electrons. The van der Waals surface area contributed by atoms with Crippen LogP contribution in [0.15, 0.2) is 23.8 Å². The lowest BCUT2D eigenvalue weighted by Crippen LogP contribution is -1.76. The van der Waals surface area contributed by atoms with Crippen molar-refractivity contribution in [3.63, 3.8) is 0 Å². The average Bonchev–Trinajstić information content (AvgIpc) is 2.13. The molecule has 0 nitrogen and oxygen atoms in total. The van der Waals surface area contributed by atoms with Gasteiger partial charge in [0.1, 0.15) is 0 Å². The van der Waals surface area contributed by atoms with Crippen LogP contribution in [-0.2, 0) is 0 Å². The molecule has 0 spiro atoms. The lowest BCUT2D eigenvalue weighted by Gasteiger charge is -1.96. The van der Waals surface area contributed by atoms with E-state index in [1.807, 2.05) is 33.8 Å². The first-order valence-electron chi connectivity index (χ1n) is 5.01. The van der Waals surface area contributed by atoms with E-state index >= 15 is 0 Å². The van der Waals surface area contributed by atoms with Crippen molar-refractivity contribution in [2.24, 2.45) is 0 Å². The van der Waals surface area contributed by atoms with Crippen molar-refractivity contribution >= 4 is 0 Å². The molecule has 0 aromatic carbocycles. The molecule has 0 radical (unpaired) electrons. The molecule has 0 aliphatic rings. The highest BCUT2D eigenvalue weighted by atomic mass is 13.9. The highest BCUT2D eigenvalue weighted by Crippen LogP contribution is 2.06. The molecule has 0 saturated heterocycles. The van der Waals surface area contributed by atoms with Gasteiger partial charge in [-0.3, -0.25) is 0 Å². The summed E-state index contributed by atoms with van der Waals surface area (Å²) >= 11 is 0. The van der Waals surface area contributed by atoms with Gasteiger partial charge in [0.2, 0.25) is 0 Å². The summed E-state index contributed by atoms with van der Waals surface area (Å²) in [4.78, 5) is 0. The third kappa shape index (κ3) is 12.2. The summed E-state index contributed by atoms with van der Waals surface area (Å²) in [7, 11) is 0. The van der Waals surface area contributed by atoms with Crippen molar-refractivity contribution in [3.8, 4) is 0 Å². The first kappa shape index (κ1) is 17.5. The van der Waals surface area contributed by atoms with E-state index in [2.05, 4.69) is 27.4 Å². The van der Waals surface area contributed by atoms with Gasteiger partial charge in [-0.25, -0.2) is 0 Å². The number of rotatable bonds is 2. The molecular weight excluding hydrogens is 144 g/mol. The Morgan fingerprint density at radius 2 is 1.42 bits per heavy atom. The molecule has 0 atom stereocenters. The summed E-state index contributed by atoms with van der Waals surface area (Å²) in [5.74, 6) is 0. The smallest absolute Gasteiger partial charge is 0.0308 e. The van der Waals surface area contributed by atoms with Gasteiger partial charge in [0.25, 0.3) is 0 Å². The Morgan fingerprint density at radius 3 is 1.42 bits per heavy atom. The fourth-order valence-corrected chi connectivity index (χ4v) is 0.702. The van der Waals surface area contributed by atoms with Crippen LogP contribution in [-0.4, -0.2) is 0 Å². The SMILES string of the molecule is C=CC(CC)=C(C)C.CC.CC. The van der Waals surface area contributed by atoms with E-state index in [1.165, 1.54) is 11.1 Å². The fraction of sp³-hybridized carbons (Fsp3) is 0.667. The monoisotopic (exact) mass is 170 g/mol. The molecule has 0 amide bonds. The summed E-state index contributed by atoms with van der Waals surface area (Å²) in [6.45, 7) is 18.1. The first-order chi connectivity index (χ1) is 5.72. The van der Waals surface area contributed by atoms with Crippen LogP contribution in [0.25, 0.3) is 0 Å². The zero-order chi connectivity index (χ0) is 10.6. The van der Waals surface area contributed by atoms with Crippen molar-refractivity contribution < 1.29 is 0 Å². The van der Waals surface area contributed by atoms with Crippen LogP contribution in [0.3, 0.4) is 0 Å². The van der Waals surface area contributed by atoms with Crippen LogP contribution >= 0.6 is 0 Å². The summed E-state index contributed by atoms with van der Waals surface area (Å²) in [5.41, 5.74) is 2.74. The Kier molecular flexibility index (Phi) is 24.6. The summed E-state index contributed by atoms with van der Waals surface area (Å²) in [5, 5.41) is 0. The second-order valence-corrected chi connectivity index (χ2v) is 2.08. The molecular formula is C12H26. The number of hydrogen-bond acceptors (Lipinski definition) is 0. The molecule has 0 rings (SSSR count). The quantitative estimate of drug-likeness (QED) is 0.513. The molecule has 0 heteroatoms. The number of hydrogen-bond donors (Lipinski definition) is 0. The van der Waals surface area contributed by atoms with Gasteiger partial charge >= 0.3 is 0 Å². The summed E-state index contributed by atoms with van der Waals surface area (Å²) in [6, 6.07) is 0. The average molecular weight is 170 g/mol. The zero-order valence-electron chi connectivity index (χ0n) is 9.99. The first-order valence-corrected chi connectivity index (χ1v) is 5.01. The van der Waals surface area contributed by atoms with Gasteiger partial charge in [-0.15, -0.1) is 0 Å². The highest BCUT2D eigenvalue weighted by Gasteiger charge is 1.86. The topological polar surface area (TPSA) is 0 Å². The van der Waals surface area contributed by atoms with E-state index < -0.39 is 0 Å². The molecule has 0 N–H and O–H groups in total. The van der Waals surface area contributed by atoms with E-state index in [9.17, 15) is 0 Å². The van der Waals surface area contributed by atoms with Crippen molar-refractivity contribution in [2.75, 3.05) is 0 Å². The Labute approximate surface area is 79.4 Å². The van der Waals surface area contributed by atoms with Crippen LogP contribution in [0.1, 0.15) is 54.9 Å². The summed E-state index contributed by atoms with van der Waals surface area (Å²) in [6.07, 6.45) is 3.03. The lowest BCUT2D eigenvalue weighted by atomic mass is 10.1. The Hall–Kier alpha value is -0.520. The van der Waals surface area contributed by atoms with Gasteiger partial charge in [0.05, 0.1) is 0 Å². The standard InChI is InChI=1S/C8H14.2C2H6/c1-5-8(6-2)7(3)4;2*1-2/h5H,1,6H2,2-4H3;2*1-2H3. The molecule has 0 saturated carbocycles.